The molecule has 2 N–H and O–H groups in total. The van der Waals surface area contributed by atoms with E-state index < -0.39 is 0 Å². The van der Waals surface area contributed by atoms with Crippen LogP contribution in [-0.2, 0) is 13.0 Å². The van der Waals surface area contributed by atoms with Gasteiger partial charge in [0.05, 0.1) is 6.61 Å². The second kappa shape index (κ2) is 7.04. The van der Waals surface area contributed by atoms with Gasteiger partial charge in [0.2, 0.25) is 0 Å². The highest BCUT2D eigenvalue weighted by atomic mass is 32.2. The Bertz CT molecular complexity index is 319. The molecule has 1 aliphatic heterocycles. The SMILES string of the molecule is OCc1ccc(CCN[C@H]2CCCSC2)cc1. The van der Waals surface area contributed by atoms with Crippen molar-refractivity contribution < 1.29 is 5.11 Å². The first kappa shape index (κ1) is 12.9. The van der Waals surface area contributed by atoms with Crippen LogP contribution in [0.4, 0.5) is 0 Å². The molecule has 0 aliphatic carbocycles. The van der Waals surface area contributed by atoms with Gasteiger partial charge in [-0.2, -0.15) is 11.8 Å². The second-order valence-electron chi connectivity index (χ2n) is 4.59. The van der Waals surface area contributed by atoms with E-state index in [1.165, 1.54) is 29.9 Å². The van der Waals surface area contributed by atoms with Crippen molar-refractivity contribution in [2.45, 2.75) is 31.9 Å². The van der Waals surface area contributed by atoms with Gasteiger partial charge in [-0.3, -0.25) is 0 Å². The molecular weight excluding hydrogens is 230 g/mol. The molecule has 1 aromatic rings. The molecule has 0 spiro atoms. The number of hydrogen-bond acceptors (Lipinski definition) is 3. The Labute approximate surface area is 108 Å². The van der Waals surface area contributed by atoms with Gasteiger partial charge >= 0.3 is 0 Å². The molecule has 1 fully saturated rings. The van der Waals surface area contributed by atoms with E-state index in [1.807, 2.05) is 12.1 Å². The molecule has 1 aliphatic rings. The minimum Gasteiger partial charge on any atom is -0.392 e. The standard InChI is InChI=1S/C14H21NOS/c16-10-13-5-3-12(4-6-13)7-8-15-14-2-1-9-17-11-14/h3-6,14-16H,1-2,7-11H2/t14-/m0/s1. The third-order valence-corrected chi connectivity index (χ3v) is 4.43. The zero-order valence-electron chi connectivity index (χ0n) is 10.2. The molecule has 1 heterocycles. The summed E-state index contributed by atoms with van der Waals surface area (Å²) in [6.45, 7) is 1.20. The fraction of sp³-hybridized carbons (Fsp3) is 0.571. The smallest absolute Gasteiger partial charge is 0.0681 e. The van der Waals surface area contributed by atoms with Crippen molar-refractivity contribution >= 4 is 11.8 Å². The summed E-state index contributed by atoms with van der Waals surface area (Å²) in [5.74, 6) is 2.60. The van der Waals surface area contributed by atoms with Crippen LogP contribution in [0.25, 0.3) is 0 Å². The number of rotatable bonds is 5. The van der Waals surface area contributed by atoms with Crippen molar-refractivity contribution in [1.29, 1.82) is 0 Å². The van der Waals surface area contributed by atoms with Crippen molar-refractivity contribution in [3.05, 3.63) is 35.4 Å². The third kappa shape index (κ3) is 4.34. The highest BCUT2D eigenvalue weighted by molar-refractivity contribution is 7.99. The minimum atomic E-state index is 0.137. The van der Waals surface area contributed by atoms with Crippen LogP contribution < -0.4 is 5.32 Å². The van der Waals surface area contributed by atoms with Crippen molar-refractivity contribution in [2.24, 2.45) is 0 Å². The normalized spacial score (nSPS) is 20.4. The number of aliphatic hydroxyl groups excluding tert-OH is 1. The van der Waals surface area contributed by atoms with Crippen LogP contribution in [0.3, 0.4) is 0 Å². The Morgan fingerprint density at radius 1 is 1.24 bits per heavy atom. The molecule has 94 valence electrons. The van der Waals surface area contributed by atoms with Gasteiger partial charge in [0.15, 0.2) is 0 Å². The fourth-order valence-electron chi connectivity index (χ4n) is 2.13. The summed E-state index contributed by atoms with van der Waals surface area (Å²) in [7, 11) is 0. The molecule has 0 amide bonds. The number of benzene rings is 1. The van der Waals surface area contributed by atoms with Crippen LogP contribution >= 0.6 is 11.8 Å². The second-order valence-corrected chi connectivity index (χ2v) is 5.74. The van der Waals surface area contributed by atoms with Crippen molar-refractivity contribution in [3.8, 4) is 0 Å². The van der Waals surface area contributed by atoms with E-state index in [4.69, 9.17) is 5.11 Å². The lowest BCUT2D eigenvalue weighted by Crippen LogP contribution is -2.35. The van der Waals surface area contributed by atoms with E-state index in [-0.39, 0.29) is 6.61 Å². The summed E-state index contributed by atoms with van der Waals surface area (Å²) in [4.78, 5) is 0. The summed E-state index contributed by atoms with van der Waals surface area (Å²) < 4.78 is 0. The molecule has 1 atom stereocenters. The van der Waals surface area contributed by atoms with Gasteiger partial charge in [-0.15, -0.1) is 0 Å². The average molecular weight is 251 g/mol. The van der Waals surface area contributed by atoms with Crippen molar-refractivity contribution in [2.75, 3.05) is 18.1 Å². The molecule has 3 heteroatoms. The number of nitrogens with one attached hydrogen (secondary N) is 1. The molecule has 1 saturated heterocycles. The molecule has 2 rings (SSSR count). The van der Waals surface area contributed by atoms with Crippen LogP contribution in [-0.4, -0.2) is 29.2 Å². The first-order valence-electron chi connectivity index (χ1n) is 6.38. The molecule has 0 unspecified atom stereocenters. The summed E-state index contributed by atoms with van der Waals surface area (Å²) in [5, 5.41) is 12.6. The van der Waals surface area contributed by atoms with Gasteiger partial charge in [-0.1, -0.05) is 24.3 Å². The van der Waals surface area contributed by atoms with Crippen LogP contribution in [0.5, 0.6) is 0 Å². The van der Waals surface area contributed by atoms with E-state index in [1.54, 1.807) is 0 Å². The van der Waals surface area contributed by atoms with Crippen molar-refractivity contribution in [3.63, 3.8) is 0 Å². The lowest BCUT2D eigenvalue weighted by molar-refractivity contribution is 0.282. The largest absolute Gasteiger partial charge is 0.392 e. The third-order valence-electron chi connectivity index (χ3n) is 3.21. The lowest BCUT2D eigenvalue weighted by atomic mass is 10.1. The van der Waals surface area contributed by atoms with E-state index in [0.717, 1.165) is 18.5 Å². The maximum Gasteiger partial charge on any atom is 0.0681 e. The van der Waals surface area contributed by atoms with Crippen LogP contribution in [0, 0.1) is 0 Å². The summed E-state index contributed by atoms with van der Waals surface area (Å²) in [6.07, 6.45) is 3.76. The number of hydrogen-bond donors (Lipinski definition) is 2. The predicted molar refractivity (Wildman–Crippen MR) is 74.4 cm³/mol. The zero-order valence-corrected chi connectivity index (χ0v) is 11.0. The Morgan fingerprint density at radius 2 is 2.00 bits per heavy atom. The van der Waals surface area contributed by atoms with Gasteiger partial charge in [-0.25, -0.2) is 0 Å². The molecular formula is C14H21NOS. The van der Waals surface area contributed by atoms with Gasteiger partial charge in [0.25, 0.3) is 0 Å². The van der Waals surface area contributed by atoms with E-state index >= 15 is 0 Å². The Balaban J connectivity index is 1.69. The van der Waals surface area contributed by atoms with E-state index in [9.17, 15) is 0 Å². The van der Waals surface area contributed by atoms with E-state index in [2.05, 4.69) is 29.2 Å². The molecule has 17 heavy (non-hydrogen) atoms. The molecule has 2 nitrogen and oxygen atoms in total. The maximum absolute atomic E-state index is 8.96. The van der Waals surface area contributed by atoms with Gasteiger partial charge in [-0.05, 0) is 42.7 Å². The average Bonchev–Trinajstić information content (AvgIpc) is 2.41. The zero-order chi connectivity index (χ0) is 11.9. The molecule has 0 bridgehead atoms. The van der Waals surface area contributed by atoms with Gasteiger partial charge < -0.3 is 10.4 Å². The fourth-order valence-corrected chi connectivity index (χ4v) is 3.24. The Morgan fingerprint density at radius 3 is 2.65 bits per heavy atom. The highest BCUT2D eigenvalue weighted by Crippen LogP contribution is 2.16. The topological polar surface area (TPSA) is 32.3 Å². The lowest BCUT2D eigenvalue weighted by Gasteiger charge is -2.22. The first-order valence-corrected chi connectivity index (χ1v) is 7.54. The number of thioether (sulfide) groups is 1. The molecule has 0 radical (unpaired) electrons. The first-order chi connectivity index (χ1) is 8.38. The summed E-state index contributed by atoms with van der Waals surface area (Å²) >= 11 is 2.06. The quantitative estimate of drug-likeness (QED) is 0.841. The van der Waals surface area contributed by atoms with Crippen LogP contribution in [0.15, 0.2) is 24.3 Å². The number of aliphatic hydroxyl groups is 1. The van der Waals surface area contributed by atoms with Gasteiger partial charge in [0, 0.05) is 11.8 Å². The maximum atomic E-state index is 8.96. The molecule has 1 aromatic carbocycles. The predicted octanol–water partition coefficient (Wildman–Crippen LogP) is 2.21. The van der Waals surface area contributed by atoms with Crippen LogP contribution in [0.2, 0.25) is 0 Å². The monoisotopic (exact) mass is 251 g/mol. The molecule has 0 saturated carbocycles. The minimum absolute atomic E-state index is 0.137. The van der Waals surface area contributed by atoms with Crippen LogP contribution in [0.1, 0.15) is 24.0 Å². The van der Waals surface area contributed by atoms with E-state index in [0.29, 0.717) is 6.04 Å². The highest BCUT2D eigenvalue weighted by Gasteiger charge is 2.12. The van der Waals surface area contributed by atoms with Gasteiger partial charge in [0.1, 0.15) is 0 Å². The summed E-state index contributed by atoms with van der Waals surface area (Å²) in [5.41, 5.74) is 2.34. The van der Waals surface area contributed by atoms with Crippen molar-refractivity contribution in [1.82, 2.24) is 5.32 Å². The Hall–Kier alpha value is -0.510. The Kier molecular flexibility index (Phi) is 5.36. The molecule has 0 aromatic heterocycles. The summed E-state index contributed by atoms with van der Waals surface area (Å²) in [6, 6.07) is 8.95.